The lowest BCUT2D eigenvalue weighted by Gasteiger charge is -2.10. The van der Waals surface area contributed by atoms with Crippen LogP contribution in [0.2, 0.25) is 0 Å². The molecular weight excluding hydrogens is 379 g/mol. The minimum Gasteiger partial charge on any atom is -0.449 e. The summed E-state index contributed by atoms with van der Waals surface area (Å²) >= 11 is 3.13. The van der Waals surface area contributed by atoms with Crippen molar-refractivity contribution in [3.63, 3.8) is 0 Å². The van der Waals surface area contributed by atoms with Gasteiger partial charge in [0.25, 0.3) is 5.89 Å². The standard InChI is InChI=1S/C17H12BrFN2O3/c1-10(23-17(22)13-8-7-12(18)9-14(13)19)15-20-21-16(24-15)11-5-3-2-4-6-11/h2-10H,1H3/t10-/m0/s1. The Bertz CT molecular complexity index is 867. The molecule has 0 spiro atoms. The number of carbonyl (C=O) groups is 1. The number of ether oxygens (including phenoxy) is 1. The maximum Gasteiger partial charge on any atom is 0.341 e. The Morgan fingerprint density at radius 2 is 1.96 bits per heavy atom. The van der Waals surface area contributed by atoms with E-state index in [9.17, 15) is 9.18 Å². The number of aromatic nitrogens is 2. The molecule has 1 heterocycles. The van der Waals surface area contributed by atoms with Crippen molar-refractivity contribution in [3.05, 3.63) is 70.3 Å². The average Bonchev–Trinajstić information content (AvgIpc) is 3.05. The van der Waals surface area contributed by atoms with Crippen LogP contribution in [0.25, 0.3) is 11.5 Å². The molecule has 0 saturated heterocycles. The lowest BCUT2D eigenvalue weighted by Crippen LogP contribution is -2.11. The normalized spacial score (nSPS) is 12.0. The topological polar surface area (TPSA) is 65.2 Å². The molecule has 7 heteroatoms. The van der Waals surface area contributed by atoms with Gasteiger partial charge in [0.2, 0.25) is 5.89 Å². The molecule has 0 N–H and O–H groups in total. The molecule has 1 aromatic heterocycles. The van der Waals surface area contributed by atoms with Gasteiger partial charge in [0, 0.05) is 10.0 Å². The molecule has 0 unspecified atom stereocenters. The molecule has 5 nitrogen and oxygen atoms in total. The van der Waals surface area contributed by atoms with Gasteiger partial charge in [-0.2, -0.15) is 0 Å². The van der Waals surface area contributed by atoms with Gasteiger partial charge in [-0.3, -0.25) is 0 Å². The molecule has 0 saturated carbocycles. The van der Waals surface area contributed by atoms with Crippen molar-refractivity contribution in [1.82, 2.24) is 10.2 Å². The maximum atomic E-state index is 13.8. The van der Waals surface area contributed by atoms with E-state index in [1.165, 1.54) is 12.1 Å². The smallest absolute Gasteiger partial charge is 0.341 e. The van der Waals surface area contributed by atoms with E-state index in [1.54, 1.807) is 13.0 Å². The zero-order valence-electron chi connectivity index (χ0n) is 12.6. The quantitative estimate of drug-likeness (QED) is 0.611. The van der Waals surface area contributed by atoms with Crippen molar-refractivity contribution in [2.24, 2.45) is 0 Å². The molecule has 0 bridgehead atoms. The zero-order chi connectivity index (χ0) is 17.1. The first kappa shape index (κ1) is 16.3. The molecule has 0 amide bonds. The molecule has 0 fully saturated rings. The van der Waals surface area contributed by atoms with Crippen molar-refractivity contribution >= 4 is 21.9 Å². The van der Waals surface area contributed by atoms with E-state index in [4.69, 9.17) is 9.15 Å². The van der Waals surface area contributed by atoms with Crippen LogP contribution in [-0.4, -0.2) is 16.2 Å². The summed E-state index contributed by atoms with van der Waals surface area (Å²) in [6.45, 7) is 1.58. The van der Waals surface area contributed by atoms with E-state index < -0.39 is 17.9 Å². The van der Waals surface area contributed by atoms with E-state index in [2.05, 4.69) is 26.1 Å². The Labute approximate surface area is 145 Å². The Morgan fingerprint density at radius 1 is 1.21 bits per heavy atom. The number of hydrogen-bond acceptors (Lipinski definition) is 5. The summed E-state index contributed by atoms with van der Waals surface area (Å²) in [4.78, 5) is 12.1. The predicted molar refractivity (Wildman–Crippen MR) is 87.7 cm³/mol. The van der Waals surface area contributed by atoms with Crippen LogP contribution < -0.4 is 0 Å². The molecule has 0 aliphatic rings. The van der Waals surface area contributed by atoms with Gasteiger partial charge in [-0.05, 0) is 37.3 Å². The Balaban J connectivity index is 1.74. The predicted octanol–water partition coefficient (Wildman–Crippen LogP) is 4.56. The van der Waals surface area contributed by atoms with Crippen LogP contribution in [0.5, 0.6) is 0 Å². The third-order valence-electron chi connectivity index (χ3n) is 3.24. The molecule has 0 radical (unpaired) electrons. The monoisotopic (exact) mass is 390 g/mol. The van der Waals surface area contributed by atoms with Gasteiger partial charge in [-0.15, -0.1) is 10.2 Å². The molecule has 1 atom stereocenters. The van der Waals surface area contributed by atoms with E-state index in [-0.39, 0.29) is 11.5 Å². The zero-order valence-corrected chi connectivity index (χ0v) is 14.2. The molecule has 3 aromatic rings. The highest BCUT2D eigenvalue weighted by atomic mass is 79.9. The van der Waals surface area contributed by atoms with E-state index in [0.717, 1.165) is 5.56 Å². The SMILES string of the molecule is C[C@H](OC(=O)c1ccc(Br)cc1F)c1nnc(-c2ccccc2)o1. The van der Waals surface area contributed by atoms with Crippen LogP contribution in [0.1, 0.15) is 29.3 Å². The second-order valence-electron chi connectivity index (χ2n) is 4.98. The van der Waals surface area contributed by atoms with Crippen LogP contribution >= 0.6 is 15.9 Å². The van der Waals surface area contributed by atoms with E-state index in [1.807, 2.05) is 30.3 Å². The number of rotatable bonds is 4. The molecule has 2 aromatic carbocycles. The highest BCUT2D eigenvalue weighted by Crippen LogP contribution is 2.24. The molecule has 122 valence electrons. The molecular formula is C17H12BrFN2O3. The first-order chi connectivity index (χ1) is 11.5. The minimum atomic E-state index is -0.800. The largest absolute Gasteiger partial charge is 0.449 e. The summed E-state index contributed by atoms with van der Waals surface area (Å²) in [6.07, 6.45) is -0.800. The van der Waals surface area contributed by atoms with E-state index in [0.29, 0.717) is 10.4 Å². The summed E-state index contributed by atoms with van der Waals surface area (Å²) in [5.74, 6) is -1.01. The fourth-order valence-corrected chi connectivity index (χ4v) is 2.36. The number of hydrogen-bond donors (Lipinski definition) is 0. The van der Waals surface area contributed by atoms with Crippen LogP contribution in [0.15, 0.2) is 57.4 Å². The number of carbonyl (C=O) groups excluding carboxylic acids is 1. The highest BCUT2D eigenvalue weighted by molar-refractivity contribution is 9.10. The van der Waals surface area contributed by atoms with Crippen LogP contribution in [-0.2, 0) is 4.74 Å². The van der Waals surface area contributed by atoms with Gasteiger partial charge in [0.15, 0.2) is 6.10 Å². The number of nitrogens with zero attached hydrogens (tertiary/aromatic N) is 2. The van der Waals surface area contributed by atoms with Crippen LogP contribution in [0.4, 0.5) is 4.39 Å². The Kier molecular flexibility index (Phi) is 4.71. The fraction of sp³-hybridized carbons (Fsp3) is 0.118. The number of halogens is 2. The second-order valence-corrected chi connectivity index (χ2v) is 5.90. The number of esters is 1. The summed E-state index contributed by atoms with van der Waals surface area (Å²) in [7, 11) is 0. The van der Waals surface area contributed by atoms with Crippen molar-refractivity contribution in [2.45, 2.75) is 13.0 Å². The first-order valence-electron chi connectivity index (χ1n) is 7.09. The lowest BCUT2D eigenvalue weighted by molar-refractivity contribution is 0.0274. The first-order valence-corrected chi connectivity index (χ1v) is 7.89. The van der Waals surface area contributed by atoms with Crippen molar-refractivity contribution in [1.29, 1.82) is 0 Å². The summed E-state index contributed by atoms with van der Waals surface area (Å²) in [5, 5.41) is 7.81. The molecule has 0 aliphatic heterocycles. The van der Waals surface area contributed by atoms with Gasteiger partial charge in [-0.1, -0.05) is 34.1 Å². The van der Waals surface area contributed by atoms with Crippen molar-refractivity contribution in [3.8, 4) is 11.5 Å². The number of benzene rings is 2. The molecule has 3 rings (SSSR count). The molecule has 0 aliphatic carbocycles. The van der Waals surface area contributed by atoms with E-state index >= 15 is 0 Å². The van der Waals surface area contributed by atoms with Crippen LogP contribution in [0.3, 0.4) is 0 Å². The fourth-order valence-electron chi connectivity index (χ4n) is 2.03. The third kappa shape index (κ3) is 3.51. The van der Waals surface area contributed by atoms with Crippen molar-refractivity contribution in [2.75, 3.05) is 0 Å². The second kappa shape index (κ2) is 6.92. The minimum absolute atomic E-state index is 0.139. The van der Waals surface area contributed by atoms with Gasteiger partial charge < -0.3 is 9.15 Å². The van der Waals surface area contributed by atoms with Crippen LogP contribution in [0, 0.1) is 5.82 Å². The van der Waals surface area contributed by atoms with Gasteiger partial charge in [0.05, 0.1) is 5.56 Å². The summed E-state index contributed by atoms with van der Waals surface area (Å²) < 4.78 is 25.1. The average molecular weight is 391 g/mol. The summed E-state index contributed by atoms with van der Waals surface area (Å²) in [6, 6.07) is 13.3. The maximum absolute atomic E-state index is 13.8. The lowest BCUT2D eigenvalue weighted by atomic mass is 10.2. The molecule has 24 heavy (non-hydrogen) atoms. The Hall–Kier alpha value is -2.54. The van der Waals surface area contributed by atoms with Gasteiger partial charge in [-0.25, -0.2) is 9.18 Å². The van der Waals surface area contributed by atoms with Gasteiger partial charge >= 0.3 is 5.97 Å². The van der Waals surface area contributed by atoms with Gasteiger partial charge in [0.1, 0.15) is 5.82 Å². The van der Waals surface area contributed by atoms with Crippen molar-refractivity contribution < 1.29 is 18.3 Å². The summed E-state index contributed by atoms with van der Waals surface area (Å²) in [5.41, 5.74) is 0.599. The third-order valence-corrected chi connectivity index (χ3v) is 3.74. The highest BCUT2D eigenvalue weighted by Gasteiger charge is 2.21. The Morgan fingerprint density at radius 3 is 2.67 bits per heavy atom.